The van der Waals surface area contributed by atoms with Gasteiger partial charge in [-0.1, -0.05) is 0 Å². The summed E-state index contributed by atoms with van der Waals surface area (Å²) >= 11 is 0. The molecule has 2 atom stereocenters. The maximum atomic E-state index is 10.9. The Morgan fingerprint density at radius 3 is 2.62 bits per heavy atom. The van der Waals surface area contributed by atoms with Crippen molar-refractivity contribution in [3.05, 3.63) is 0 Å². The van der Waals surface area contributed by atoms with Crippen molar-refractivity contribution in [2.45, 2.75) is 39.0 Å². The largest absolute Gasteiger partial charge is 0.367 e. The Balaban J connectivity index is 2.57. The smallest absolute Gasteiger partial charge is 0.247 e. The van der Waals surface area contributed by atoms with Crippen LogP contribution in [0.1, 0.15) is 20.8 Å². The Kier molecular flexibility index (Phi) is 3.27. The minimum atomic E-state index is -0.439. The van der Waals surface area contributed by atoms with E-state index in [1.807, 2.05) is 6.92 Å². The van der Waals surface area contributed by atoms with Crippen LogP contribution < -0.4 is 5.73 Å². The van der Waals surface area contributed by atoms with Gasteiger partial charge >= 0.3 is 0 Å². The summed E-state index contributed by atoms with van der Waals surface area (Å²) in [7, 11) is 0. The van der Waals surface area contributed by atoms with E-state index < -0.39 is 6.10 Å². The summed E-state index contributed by atoms with van der Waals surface area (Å²) in [5.41, 5.74) is 5.20. The first-order valence-electron chi connectivity index (χ1n) is 4.69. The lowest BCUT2D eigenvalue weighted by atomic mass is 10.1. The van der Waals surface area contributed by atoms with Gasteiger partial charge in [0, 0.05) is 19.1 Å². The van der Waals surface area contributed by atoms with Gasteiger partial charge in [-0.2, -0.15) is 0 Å². The number of hydrogen-bond acceptors (Lipinski definition) is 3. The summed E-state index contributed by atoms with van der Waals surface area (Å²) in [6.45, 7) is 7.68. The molecule has 0 aromatic heterocycles. The molecule has 4 nitrogen and oxygen atoms in total. The number of nitrogens with zero attached hydrogens (tertiary/aromatic N) is 1. The summed E-state index contributed by atoms with van der Waals surface area (Å²) in [6, 6.07) is 0.438. The fourth-order valence-corrected chi connectivity index (χ4v) is 1.56. The van der Waals surface area contributed by atoms with Crippen molar-refractivity contribution >= 4 is 5.91 Å². The highest BCUT2D eigenvalue weighted by Crippen LogP contribution is 2.13. The minimum absolute atomic E-state index is 0.0913. The van der Waals surface area contributed by atoms with Crippen molar-refractivity contribution in [1.82, 2.24) is 4.90 Å². The Hall–Kier alpha value is -0.610. The molecule has 1 unspecified atom stereocenters. The molecule has 1 aliphatic heterocycles. The highest BCUT2D eigenvalue weighted by atomic mass is 16.5. The average molecular weight is 186 g/mol. The second kappa shape index (κ2) is 4.07. The standard InChI is InChI=1S/C9H18N2O2/c1-6(2)11-4-7(3)13-8(5-11)9(10)12/h6-8H,4-5H2,1-3H3,(H2,10,12)/t7-,8?/m1/s1. The molecule has 0 aromatic carbocycles. The average Bonchev–Trinajstić information content (AvgIpc) is 2.03. The van der Waals surface area contributed by atoms with Gasteiger partial charge in [0.2, 0.25) is 5.91 Å². The normalized spacial score (nSPS) is 30.8. The van der Waals surface area contributed by atoms with E-state index in [1.54, 1.807) is 0 Å². The quantitative estimate of drug-likeness (QED) is 0.659. The lowest BCUT2D eigenvalue weighted by Gasteiger charge is -2.37. The molecule has 4 heteroatoms. The van der Waals surface area contributed by atoms with Crippen molar-refractivity contribution in [3.8, 4) is 0 Å². The molecule has 0 bridgehead atoms. The maximum absolute atomic E-state index is 10.9. The first-order chi connectivity index (χ1) is 6.00. The van der Waals surface area contributed by atoms with E-state index in [0.29, 0.717) is 12.6 Å². The molecule has 1 heterocycles. The summed E-state index contributed by atoms with van der Waals surface area (Å²) in [4.78, 5) is 13.2. The number of primary amides is 1. The van der Waals surface area contributed by atoms with Crippen LogP contribution in [-0.2, 0) is 9.53 Å². The molecule has 0 radical (unpaired) electrons. The molecule has 1 aliphatic rings. The number of nitrogens with two attached hydrogens (primary N) is 1. The molecule has 0 aliphatic carbocycles. The number of carbonyl (C=O) groups excluding carboxylic acids is 1. The topological polar surface area (TPSA) is 55.6 Å². The van der Waals surface area contributed by atoms with Crippen LogP contribution in [0.15, 0.2) is 0 Å². The number of morpholine rings is 1. The lowest BCUT2D eigenvalue weighted by molar-refractivity contribution is -0.143. The molecule has 1 fully saturated rings. The molecule has 76 valence electrons. The predicted molar refractivity (Wildman–Crippen MR) is 50.2 cm³/mol. The number of rotatable bonds is 2. The molecule has 1 rings (SSSR count). The third-order valence-corrected chi connectivity index (χ3v) is 2.34. The Morgan fingerprint density at radius 2 is 2.15 bits per heavy atom. The molecule has 2 N–H and O–H groups in total. The van der Waals surface area contributed by atoms with E-state index in [2.05, 4.69) is 18.7 Å². The van der Waals surface area contributed by atoms with Gasteiger partial charge in [0.05, 0.1) is 6.10 Å². The molecule has 0 aromatic rings. The van der Waals surface area contributed by atoms with E-state index in [-0.39, 0.29) is 12.0 Å². The van der Waals surface area contributed by atoms with Crippen LogP contribution >= 0.6 is 0 Å². The maximum Gasteiger partial charge on any atom is 0.247 e. The van der Waals surface area contributed by atoms with E-state index in [4.69, 9.17) is 10.5 Å². The van der Waals surface area contributed by atoms with E-state index in [1.165, 1.54) is 0 Å². The van der Waals surface area contributed by atoms with Gasteiger partial charge in [-0.15, -0.1) is 0 Å². The van der Waals surface area contributed by atoms with Gasteiger partial charge in [0.25, 0.3) is 0 Å². The molecule has 0 saturated carbocycles. The Bertz CT molecular complexity index is 194. The molecule has 0 spiro atoms. The van der Waals surface area contributed by atoms with E-state index in [0.717, 1.165) is 6.54 Å². The van der Waals surface area contributed by atoms with Crippen molar-refractivity contribution in [1.29, 1.82) is 0 Å². The molecule has 1 saturated heterocycles. The van der Waals surface area contributed by atoms with Gasteiger partial charge in [0.15, 0.2) is 0 Å². The predicted octanol–water partition coefficient (Wildman–Crippen LogP) is -0.0306. The highest BCUT2D eigenvalue weighted by Gasteiger charge is 2.29. The lowest BCUT2D eigenvalue weighted by Crippen LogP contribution is -2.53. The van der Waals surface area contributed by atoms with Crippen molar-refractivity contribution in [2.24, 2.45) is 5.73 Å². The zero-order valence-electron chi connectivity index (χ0n) is 8.49. The number of amides is 1. The minimum Gasteiger partial charge on any atom is -0.367 e. The fraction of sp³-hybridized carbons (Fsp3) is 0.889. The second-order valence-corrected chi connectivity index (χ2v) is 3.89. The van der Waals surface area contributed by atoms with Gasteiger partial charge in [-0.25, -0.2) is 0 Å². The van der Waals surface area contributed by atoms with Crippen LogP contribution in [-0.4, -0.2) is 42.1 Å². The van der Waals surface area contributed by atoms with Crippen LogP contribution in [0.3, 0.4) is 0 Å². The van der Waals surface area contributed by atoms with Crippen LogP contribution in [0.2, 0.25) is 0 Å². The summed E-state index contributed by atoms with van der Waals surface area (Å²) < 4.78 is 5.41. The molecular formula is C9H18N2O2. The van der Waals surface area contributed by atoms with Gasteiger partial charge in [-0.05, 0) is 20.8 Å². The summed E-state index contributed by atoms with van der Waals surface area (Å²) in [6.07, 6.45) is -0.347. The molecule has 1 amide bonds. The van der Waals surface area contributed by atoms with Crippen LogP contribution in [0.25, 0.3) is 0 Å². The first-order valence-corrected chi connectivity index (χ1v) is 4.69. The van der Waals surface area contributed by atoms with Crippen molar-refractivity contribution in [2.75, 3.05) is 13.1 Å². The number of carbonyl (C=O) groups is 1. The molecule has 13 heavy (non-hydrogen) atoms. The number of ether oxygens (including phenoxy) is 1. The Labute approximate surface area is 79.0 Å². The second-order valence-electron chi connectivity index (χ2n) is 3.89. The zero-order valence-corrected chi connectivity index (χ0v) is 8.49. The SMILES string of the molecule is CC(C)N1CC(C(N)=O)O[C@H](C)C1. The number of hydrogen-bond donors (Lipinski definition) is 1. The third kappa shape index (κ3) is 2.67. The van der Waals surface area contributed by atoms with Gasteiger partial charge < -0.3 is 10.5 Å². The third-order valence-electron chi connectivity index (χ3n) is 2.34. The van der Waals surface area contributed by atoms with Gasteiger partial charge in [-0.3, -0.25) is 9.69 Å². The molecular weight excluding hydrogens is 168 g/mol. The van der Waals surface area contributed by atoms with Crippen LogP contribution in [0.5, 0.6) is 0 Å². The van der Waals surface area contributed by atoms with Crippen molar-refractivity contribution < 1.29 is 9.53 Å². The van der Waals surface area contributed by atoms with E-state index in [9.17, 15) is 4.79 Å². The van der Waals surface area contributed by atoms with E-state index >= 15 is 0 Å². The van der Waals surface area contributed by atoms with Crippen LogP contribution in [0.4, 0.5) is 0 Å². The highest BCUT2D eigenvalue weighted by molar-refractivity contribution is 5.79. The van der Waals surface area contributed by atoms with Crippen LogP contribution in [0, 0.1) is 0 Å². The monoisotopic (exact) mass is 186 g/mol. The Morgan fingerprint density at radius 1 is 1.54 bits per heavy atom. The summed E-state index contributed by atoms with van der Waals surface area (Å²) in [5, 5.41) is 0. The van der Waals surface area contributed by atoms with Crippen molar-refractivity contribution in [3.63, 3.8) is 0 Å². The van der Waals surface area contributed by atoms with Gasteiger partial charge in [0.1, 0.15) is 6.10 Å². The summed E-state index contributed by atoms with van der Waals surface area (Å²) in [5.74, 6) is -0.364. The fourth-order valence-electron chi connectivity index (χ4n) is 1.56. The zero-order chi connectivity index (χ0) is 10.0. The first kappa shape index (κ1) is 10.5.